The maximum absolute atomic E-state index is 12.1. The number of morpholine rings is 1. The summed E-state index contributed by atoms with van der Waals surface area (Å²) >= 11 is 0. The minimum Gasteiger partial charge on any atom is -0.461 e. The third-order valence-electron chi connectivity index (χ3n) is 3.43. The highest BCUT2D eigenvalue weighted by atomic mass is 16.6. The average molecular weight is 335 g/mol. The second-order valence-corrected chi connectivity index (χ2v) is 6.77. The van der Waals surface area contributed by atoms with Crippen molar-refractivity contribution >= 4 is 12.1 Å². The summed E-state index contributed by atoms with van der Waals surface area (Å²) in [5, 5.41) is 0. The Kier molecular flexibility index (Phi) is 6.20. The Morgan fingerprint density at radius 2 is 1.96 bits per heavy atom. The molecule has 1 fully saturated rings. The Labute approximate surface area is 142 Å². The smallest absolute Gasteiger partial charge is 0.410 e. The van der Waals surface area contributed by atoms with Crippen LogP contribution in [-0.4, -0.2) is 48.4 Å². The van der Waals surface area contributed by atoms with Gasteiger partial charge in [0.25, 0.3) is 0 Å². The number of hydrogen-bond acceptors (Lipinski definition) is 5. The van der Waals surface area contributed by atoms with E-state index < -0.39 is 5.60 Å². The Hall–Kier alpha value is -2.08. The van der Waals surface area contributed by atoms with Crippen LogP contribution in [-0.2, 0) is 25.6 Å². The second kappa shape index (κ2) is 8.15. The van der Waals surface area contributed by atoms with Gasteiger partial charge in [0, 0.05) is 6.54 Å². The number of carbonyl (C=O) groups is 2. The molecule has 1 aliphatic rings. The van der Waals surface area contributed by atoms with Crippen molar-refractivity contribution in [3.05, 3.63) is 35.9 Å². The molecular weight excluding hydrogens is 310 g/mol. The topological polar surface area (TPSA) is 65.1 Å². The van der Waals surface area contributed by atoms with E-state index in [0.717, 1.165) is 5.56 Å². The van der Waals surface area contributed by atoms with Gasteiger partial charge in [-0.2, -0.15) is 0 Å². The molecule has 1 aliphatic heterocycles. The summed E-state index contributed by atoms with van der Waals surface area (Å²) in [5.41, 5.74) is 0.394. The van der Waals surface area contributed by atoms with Crippen molar-refractivity contribution in [2.75, 3.05) is 19.7 Å². The van der Waals surface area contributed by atoms with Gasteiger partial charge in [0.1, 0.15) is 12.2 Å². The molecule has 0 spiro atoms. The van der Waals surface area contributed by atoms with Gasteiger partial charge in [0.05, 0.1) is 25.7 Å². The summed E-state index contributed by atoms with van der Waals surface area (Å²) in [6.45, 7) is 6.88. The molecule has 1 saturated heterocycles. The van der Waals surface area contributed by atoms with Gasteiger partial charge in [0.15, 0.2) is 0 Å². The zero-order valence-electron chi connectivity index (χ0n) is 14.5. The number of carbonyl (C=O) groups excluding carboxylic acids is 2. The first-order chi connectivity index (χ1) is 11.3. The zero-order valence-corrected chi connectivity index (χ0v) is 14.5. The number of benzene rings is 1. The van der Waals surface area contributed by atoms with Crippen molar-refractivity contribution in [1.29, 1.82) is 0 Å². The Morgan fingerprint density at radius 3 is 2.62 bits per heavy atom. The third-order valence-corrected chi connectivity index (χ3v) is 3.43. The monoisotopic (exact) mass is 335 g/mol. The van der Waals surface area contributed by atoms with E-state index in [1.54, 1.807) is 4.90 Å². The van der Waals surface area contributed by atoms with Crippen LogP contribution in [0, 0.1) is 0 Å². The molecule has 0 aromatic heterocycles. The van der Waals surface area contributed by atoms with E-state index in [-0.39, 0.29) is 31.2 Å². The van der Waals surface area contributed by atoms with E-state index in [2.05, 4.69) is 0 Å². The predicted octanol–water partition coefficient (Wildman–Crippen LogP) is 2.76. The van der Waals surface area contributed by atoms with Crippen molar-refractivity contribution in [3.8, 4) is 0 Å². The van der Waals surface area contributed by atoms with Crippen molar-refractivity contribution in [1.82, 2.24) is 4.90 Å². The predicted molar refractivity (Wildman–Crippen MR) is 88.4 cm³/mol. The molecule has 1 aromatic rings. The molecule has 6 heteroatoms. The summed E-state index contributed by atoms with van der Waals surface area (Å²) in [4.78, 5) is 25.6. The van der Waals surface area contributed by atoms with E-state index in [1.807, 2.05) is 51.1 Å². The van der Waals surface area contributed by atoms with E-state index in [9.17, 15) is 9.59 Å². The fourth-order valence-corrected chi connectivity index (χ4v) is 2.32. The number of ether oxygens (including phenoxy) is 3. The quantitative estimate of drug-likeness (QED) is 0.792. The van der Waals surface area contributed by atoms with Gasteiger partial charge in [-0.05, 0) is 26.3 Å². The Bertz CT molecular complexity index is 552. The molecule has 0 saturated carbocycles. The van der Waals surface area contributed by atoms with Crippen LogP contribution in [0.4, 0.5) is 4.79 Å². The largest absolute Gasteiger partial charge is 0.461 e. The average Bonchev–Trinajstić information content (AvgIpc) is 2.52. The van der Waals surface area contributed by atoms with E-state index in [1.165, 1.54) is 0 Å². The van der Waals surface area contributed by atoms with Crippen molar-refractivity contribution < 1.29 is 23.8 Å². The molecule has 0 aliphatic carbocycles. The highest BCUT2D eigenvalue weighted by Crippen LogP contribution is 2.15. The molecule has 0 radical (unpaired) electrons. The third kappa shape index (κ3) is 6.20. The Balaban J connectivity index is 1.77. The highest BCUT2D eigenvalue weighted by molar-refractivity contribution is 5.71. The molecule has 0 bridgehead atoms. The van der Waals surface area contributed by atoms with E-state index >= 15 is 0 Å². The Morgan fingerprint density at radius 1 is 1.25 bits per heavy atom. The maximum atomic E-state index is 12.1. The lowest BCUT2D eigenvalue weighted by molar-refractivity contribution is -0.150. The maximum Gasteiger partial charge on any atom is 0.410 e. The standard InChI is InChI=1S/C18H25NO5/c1-18(2,3)24-17(21)19-9-10-22-15(12-19)11-16(20)23-13-14-7-5-4-6-8-14/h4-8,15H,9-13H2,1-3H3/t15-/m1/s1. The van der Waals surface area contributed by atoms with Crippen LogP contribution in [0.15, 0.2) is 30.3 Å². The van der Waals surface area contributed by atoms with Crippen molar-refractivity contribution in [2.45, 2.75) is 45.5 Å². The molecule has 1 atom stereocenters. The van der Waals surface area contributed by atoms with Gasteiger partial charge < -0.3 is 19.1 Å². The van der Waals surface area contributed by atoms with Crippen molar-refractivity contribution in [2.24, 2.45) is 0 Å². The fraction of sp³-hybridized carbons (Fsp3) is 0.556. The van der Waals surface area contributed by atoms with Crippen LogP contribution in [0.1, 0.15) is 32.8 Å². The molecule has 0 N–H and O–H groups in total. The first-order valence-electron chi connectivity index (χ1n) is 8.12. The number of nitrogens with zero attached hydrogens (tertiary/aromatic N) is 1. The van der Waals surface area contributed by atoms with Gasteiger partial charge in [-0.1, -0.05) is 30.3 Å². The molecular formula is C18H25NO5. The fourth-order valence-electron chi connectivity index (χ4n) is 2.32. The molecule has 132 valence electrons. The van der Waals surface area contributed by atoms with Crippen LogP contribution in [0.2, 0.25) is 0 Å². The molecule has 6 nitrogen and oxygen atoms in total. The van der Waals surface area contributed by atoms with Crippen molar-refractivity contribution in [3.63, 3.8) is 0 Å². The molecule has 0 unspecified atom stereocenters. The minimum absolute atomic E-state index is 0.117. The first-order valence-corrected chi connectivity index (χ1v) is 8.12. The van der Waals surface area contributed by atoms with Crippen LogP contribution in [0.5, 0.6) is 0 Å². The number of hydrogen-bond donors (Lipinski definition) is 0. The highest BCUT2D eigenvalue weighted by Gasteiger charge is 2.29. The minimum atomic E-state index is -0.542. The van der Waals surface area contributed by atoms with Gasteiger partial charge in [-0.3, -0.25) is 4.79 Å². The lowest BCUT2D eigenvalue weighted by Gasteiger charge is -2.33. The zero-order chi connectivity index (χ0) is 17.6. The number of amides is 1. The SMILES string of the molecule is CC(C)(C)OC(=O)N1CCO[C@H](CC(=O)OCc2ccccc2)C1. The second-order valence-electron chi connectivity index (χ2n) is 6.77. The van der Waals surface area contributed by atoms with Crippen LogP contribution in [0.3, 0.4) is 0 Å². The first kappa shape index (κ1) is 18.3. The lowest BCUT2D eigenvalue weighted by Crippen LogP contribution is -2.48. The molecule has 1 heterocycles. The molecule has 1 amide bonds. The summed E-state index contributed by atoms with van der Waals surface area (Å²) in [7, 11) is 0. The molecule has 2 rings (SSSR count). The summed E-state index contributed by atoms with van der Waals surface area (Å²) in [6, 6.07) is 9.49. The van der Waals surface area contributed by atoms with Gasteiger partial charge in [-0.25, -0.2) is 4.79 Å². The van der Waals surface area contributed by atoms with Crippen LogP contribution < -0.4 is 0 Å². The van der Waals surface area contributed by atoms with Crippen LogP contribution in [0.25, 0.3) is 0 Å². The summed E-state index contributed by atoms with van der Waals surface area (Å²) in [6.07, 6.45) is -0.630. The summed E-state index contributed by atoms with van der Waals surface area (Å²) in [5.74, 6) is -0.338. The summed E-state index contributed by atoms with van der Waals surface area (Å²) < 4.78 is 16.2. The lowest BCUT2D eigenvalue weighted by atomic mass is 10.2. The van der Waals surface area contributed by atoms with Gasteiger partial charge in [0.2, 0.25) is 0 Å². The number of rotatable bonds is 4. The molecule has 1 aromatic carbocycles. The van der Waals surface area contributed by atoms with E-state index in [0.29, 0.717) is 19.7 Å². The van der Waals surface area contributed by atoms with E-state index in [4.69, 9.17) is 14.2 Å². The van der Waals surface area contributed by atoms with Crippen LogP contribution >= 0.6 is 0 Å². The number of esters is 1. The van der Waals surface area contributed by atoms with Gasteiger partial charge in [-0.15, -0.1) is 0 Å². The van der Waals surface area contributed by atoms with Gasteiger partial charge >= 0.3 is 12.1 Å². The molecule has 24 heavy (non-hydrogen) atoms. The normalized spacial score (nSPS) is 18.1.